The SMILES string of the molecule is CN(C)CCCn1c(=O)oc2ccc(CO)cc21. The van der Waals surface area contributed by atoms with Gasteiger partial charge in [0.15, 0.2) is 5.58 Å². The van der Waals surface area contributed by atoms with Crippen molar-refractivity contribution in [3.8, 4) is 0 Å². The summed E-state index contributed by atoms with van der Waals surface area (Å²) in [6, 6.07) is 5.29. The van der Waals surface area contributed by atoms with Crippen LogP contribution in [0, 0.1) is 0 Å². The number of oxazole rings is 1. The maximum absolute atomic E-state index is 11.7. The van der Waals surface area contributed by atoms with Crippen LogP contribution in [0.3, 0.4) is 0 Å². The summed E-state index contributed by atoms with van der Waals surface area (Å²) < 4.78 is 6.79. The molecule has 0 aliphatic rings. The molecule has 5 heteroatoms. The van der Waals surface area contributed by atoms with Crippen molar-refractivity contribution in [2.75, 3.05) is 20.6 Å². The predicted octanol–water partition coefficient (Wildman–Crippen LogP) is 1.04. The van der Waals surface area contributed by atoms with Gasteiger partial charge in [0, 0.05) is 6.54 Å². The fourth-order valence-electron chi connectivity index (χ4n) is 1.96. The Labute approximate surface area is 105 Å². The largest absolute Gasteiger partial charge is 0.419 e. The fourth-order valence-corrected chi connectivity index (χ4v) is 1.96. The third kappa shape index (κ3) is 2.63. The molecule has 1 aromatic carbocycles. The van der Waals surface area contributed by atoms with E-state index in [-0.39, 0.29) is 12.4 Å². The third-order valence-electron chi connectivity index (χ3n) is 2.90. The van der Waals surface area contributed by atoms with E-state index in [1.165, 1.54) is 0 Å². The van der Waals surface area contributed by atoms with Crippen LogP contribution in [0.4, 0.5) is 0 Å². The summed E-state index contributed by atoms with van der Waals surface area (Å²) in [6.45, 7) is 1.50. The Bertz CT molecular complexity index is 583. The van der Waals surface area contributed by atoms with Crippen LogP contribution in [0.25, 0.3) is 11.1 Å². The molecule has 18 heavy (non-hydrogen) atoms. The standard InChI is InChI=1S/C13H18N2O3/c1-14(2)6-3-7-15-11-8-10(9-16)4-5-12(11)18-13(15)17/h4-5,8,16H,3,6-7,9H2,1-2H3. The van der Waals surface area contributed by atoms with Crippen molar-refractivity contribution in [2.24, 2.45) is 0 Å². The van der Waals surface area contributed by atoms with Gasteiger partial charge in [0.05, 0.1) is 12.1 Å². The molecule has 1 heterocycles. The molecule has 98 valence electrons. The second kappa shape index (κ2) is 5.37. The average molecular weight is 250 g/mol. The summed E-state index contributed by atoms with van der Waals surface area (Å²) in [5.74, 6) is -0.334. The van der Waals surface area contributed by atoms with Gasteiger partial charge in [-0.25, -0.2) is 4.79 Å². The van der Waals surface area contributed by atoms with Gasteiger partial charge in [-0.2, -0.15) is 0 Å². The maximum atomic E-state index is 11.7. The topological polar surface area (TPSA) is 58.6 Å². The van der Waals surface area contributed by atoms with E-state index in [2.05, 4.69) is 4.90 Å². The molecule has 0 saturated carbocycles. The molecule has 0 radical (unpaired) electrons. The minimum atomic E-state index is -0.334. The summed E-state index contributed by atoms with van der Waals surface area (Å²) in [5.41, 5.74) is 2.11. The summed E-state index contributed by atoms with van der Waals surface area (Å²) in [7, 11) is 4.00. The first-order valence-corrected chi connectivity index (χ1v) is 5.99. The van der Waals surface area contributed by atoms with Crippen LogP contribution in [-0.4, -0.2) is 35.2 Å². The zero-order valence-electron chi connectivity index (χ0n) is 10.7. The number of nitrogens with zero attached hydrogens (tertiary/aromatic N) is 2. The number of hydrogen-bond acceptors (Lipinski definition) is 4. The van der Waals surface area contributed by atoms with Gasteiger partial charge < -0.3 is 14.4 Å². The molecular formula is C13H18N2O3. The van der Waals surface area contributed by atoms with E-state index in [9.17, 15) is 4.79 Å². The van der Waals surface area contributed by atoms with Crippen molar-refractivity contribution in [2.45, 2.75) is 19.6 Å². The average Bonchev–Trinajstić information content (AvgIpc) is 2.64. The van der Waals surface area contributed by atoms with E-state index in [4.69, 9.17) is 9.52 Å². The number of aryl methyl sites for hydroxylation is 1. The molecular weight excluding hydrogens is 232 g/mol. The third-order valence-corrected chi connectivity index (χ3v) is 2.90. The summed E-state index contributed by atoms with van der Waals surface area (Å²) >= 11 is 0. The van der Waals surface area contributed by atoms with Gasteiger partial charge in [-0.05, 0) is 44.8 Å². The molecule has 0 spiro atoms. The van der Waals surface area contributed by atoms with Crippen LogP contribution in [-0.2, 0) is 13.2 Å². The van der Waals surface area contributed by atoms with Crippen molar-refractivity contribution >= 4 is 11.1 Å². The number of aliphatic hydroxyl groups is 1. The first kappa shape index (κ1) is 12.9. The van der Waals surface area contributed by atoms with Crippen LogP contribution in [0.15, 0.2) is 27.4 Å². The van der Waals surface area contributed by atoms with Gasteiger partial charge in [0.1, 0.15) is 0 Å². The van der Waals surface area contributed by atoms with Crippen LogP contribution < -0.4 is 5.76 Å². The number of aliphatic hydroxyl groups excluding tert-OH is 1. The molecule has 2 aromatic rings. The highest BCUT2D eigenvalue weighted by atomic mass is 16.4. The second-order valence-electron chi connectivity index (χ2n) is 4.64. The molecule has 0 unspecified atom stereocenters. The lowest BCUT2D eigenvalue weighted by Gasteiger charge is -2.09. The number of hydrogen-bond donors (Lipinski definition) is 1. The summed E-state index contributed by atoms with van der Waals surface area (Å²) in [5, 5.41) is 9.12. The lowest BCUT2D eigenvalue weighted by Crippen LogP contribution is -2.19. The number of fused-ring (bicyclic) bond motifs is 1. The van der Waals surface area contributed by atoms with Crippen LogP contribution >= 0.6 is 0 Å². The maximum Gasteiger partial charge on any atom is 0.419 e. The van der Waals surface area contributed by atoms with E-state index in [1.54, 1.807) is 22.8 Å². The van der Waals surface area contributed by atoms with Crippen LogP contribution in [0.2, 0.25) is 0 Å². The smallest absolute Gasteiger partial charge is 0.408 e. The Hall–Kier alpha value is -1.59. The zero-order chi connectivity index (χ0) is 13.1. The van der Waals surface area contributed by atoms with Crippen molar-refractivity contribution < 1.29 is 9.52 Å². The van der Waals surface area contributed by atoms with E-state index in [0.717, 1.165) is 24.0 Å². The summed E-state index contributed by atoms with van der Waals surface area (Å²) in [4.78, 5) is 13.8. The Morgan fingerprint density at radius 2 is 2.17 bits per heavy atom. The first-order chi connectivity index (χ1) is 8.61. The van der Waals surface area contributed by atoms with Gasteiger partial charge >= 0.3 is 5.76 Å². The fraction of sp³-hybridized carbons (Fsp3) is 0.462. The molecule has 5 nitrogen and oxygen atoms in total. The monoisotopic (exact) mass is 250 g/mol. The summed E-state index contributed by atoms with van der Waals surface area (Å²) in [6.07, 6.45) is 0.880. The molecule has 0 saturated heterocycles. The second-order valence-corrected chi connectivity index (χ2v) is 4.64. The molecule has 0 bridgehead atoms. The number of rotatable bonds is 5. The molecule has 0 aliphatic carbocycles. The van der Waals surface area contributed by atoms with Crippen molar-refractivity contribution in [1.82, 2.24) is 9.47 Å². The van der Waals surface area contributed by atoms with E-state index >= 15 is 0 Å². The molecule has 0 atom stereocenters. The minimum absolute atomic E-state index is 0.0347. The molecule has 0 amide bonds. The Balaban J connectivity index is 2.30. The Morgan fingerprint density at radius 3 is 2.83 bits per heavy atom. The molecule has 2 rings (SSSR count). The highest BCUT2D eigenvalue weighted by Gasteiger charge is 2.09. The molecule has 1 N–H and O–H groups in total. The lowest BCUT2D eigenvalue weighted by atomic mass is 10.2. The highest BCUT2D eigenvalue weighted by molar-refractivity contribution is 5.73. The van der Waals surface area contributed by atoms with E-state index in [1.807, 2.05) is 14.1 Å². The van der Waals surface area contributed by atoms with Crippen LogP contribution in [0.1, 0.15) is 12.0 Å². The van der Waals surface area contributed by atoms with Gasteiger partial charge in [0.2, 0.25) is 0 Å². The molecule has 1 aromatic heterocycles. The van der Waals surface area contributed by atoms with Gasteiger partial charge in [-0.15, -0.1) is 0 Å². The van der Waals surface area contributed by atoms with Gasteiger partial charge in [-0.3, -0.25) is 4.57 Å². The minimum Gasteiger partial charge on any atom is -0.408 e. The number of aromatic nitrogens is 1. The van der Waals surface area contributed by atoms with Gasteiger partial charge in [-0.1, -0.05) is 6.07 Å². The first-order valence-electron chi connectivity index (χ1n) is 5.99. The normalized spacial score (nSPS) is 11.6. The molecule has 0 fully saturated rings. The lowest BCUT2D eigenvalue weighted by molar-refractivity contribution is 0.282. The zero-order valence-corrected chi connectivity index (χ0v) is 10.7. The Kier molecular flexibility index (Phi) is 3.84. The predicted molar refractivity (Wildman–Crippen MR) is 69.6 cm³/mol. The highest BCUT2D eigenvalue weighted by Crippen LogP contribution is 2.15. The molecule has 0 aliphatic heterocycles. The van der Waals surface area contributed by atoms with E-state index < -0.39 is 0 Å². The van der Waals surface area contributed by atoms with Crippen LogP contribution in [0.5, 0.6) is 0 Å². The van der Waals surface area contributed by atoms with Gasteiger partial charge in [0.25, 0.3) is 0 Å². The number of benzene rings is 1. The Morgan fingerprint density at radius 1 is 1.39 bits per heavy atom. The van der Waals surface area contributed by atoms with Crippen molar-refractivity contribution in [3.63, 3.8) is 0 Å². The van der Waals surface area contributed by atoms with Crippen molar-refractivity contribution in [3.05, 3.63) is 34.3 Å². The quantitative estimate of drug-likeness (QED) is 0.861. The van der Waals surface area contributed by atoms with Crippen molar-refractivity contribution in [1.29, 1.82) is 0 Å². The van der Waals surface area contributed by atoms with E-state index in [0.29, 0.717) is 12.1 Å².